The molecule has 1 aliphatic rings. The van der Waals surface area contributed by atoms with Crippen LogP contribution in [-0.2, 0) is 0 Å². The van der Waals surface area contributed by atoms with Crippen LogP contribution in [0.2, 0.25) is 0 Å². The van der Waals surface area contributed by atoms with Gasteiger partial charge in [-0.1, -0.05) is 24.3 Å². The van der Waals surface area contributed by atoms with Gasteiger partial charge in [-0.2, -0.15) is 0 Å². The first-order valence-corrected chi connectivity index (χ1v) is 5.12. The predicted octanol–water partition coefficient (Wildman–Crippen LogP) is 1.48. The Hall–Kier alpha value is -0.860. The second-order valence-corrected chi connectivity index (χ2v) is 3.64. The fourth-order valence-corrected chi connectivity index (χ4v) is 1.64. The summed E-state index contributed by atoms with van der Waals surface area (Å²) in [7, 11) is 2.14. The van der Waals surface area contributed by atoms with Crippen LogP contribution in [0.3, 0.4) is 0 Å². The van der Waals surface area contributed by atoms with E-state index in [1.165, 1.54) is 11.1 Å². The summed E-state index contributed by atoms with van der Waals surface area (Å²) in [5.41, 5.74) is 2.85. The van der Waals surface area contributed by atoms with Crippen molar-refractivity contribution in [1.82, 2.24) is 4.90 Å². The van der Waals surface area contributed by atoms with E-state index in [0.29, 0.717) is 6.61 Å². The smallest absolute Gasteiger partial charge is 0.147 e. The lowest BCUT2D eigenvalue weighted by atomic mass is 10.1. The van der Waals surface area contributed by atoms with Crippen molar-refractivity contribution >= 4 is 0 Å². The van der Waals surface area contributed by atoms with Crippen molar-refractivity contribution in [3.05, 3.63) is 35.5 Å². The zero-order valence-electron chi connectivity index (χ0n) is 9.09. The maximum atomic E-state index is 7.01. The van der Waals surface area contributed by atoms with Crippen LogP contribution < -0.4 is 0 Å². The Morgan fingerprint density at radius 1 is 1.36 bits per heavy atom. The van der Waals surface area contributed by atoms with Gasteiger partial charge in [0.1, 0.15) is 6.61 Å². The van der Waals surface area contributed by atoms with Crippen LogP contribution in [0.4, 0.5) is 0 Å². The van der Waals surface area contributed by atoms with E-state index in [0.717, 1.165) is 19.5 Å². The van der Waals surface area contributed by atoms with Crippen LogP contribution in [-0.4, -0.2) is 36.8 Å². The standard InChI is InChI=1S/C12H19NO/c1-3-11-9-13(2)10-12(11)7-5-4-6-8-14/h3-5,7,14H,6,8-10H2,1-2H3/p+1/b5-4-,11-3-,12-7-. The molecule has 0 unspecified atom stereocenters. The summed E-state index contributed by atoms with van der Waals surface area (Å²) in [6, 6.07) is 0. The van der Waals surface area contributed by atoms with E-state index in [2.05, 4.69) is 43.2 Å². The Morgan fingerprint density at radius 2 is 2.07 bits per heavy atom. The van der Waals surface area contributed by atoms with E-state index >= 15 is 0 Å². The van der Waals surface area contributed by atoms with E-state index < -0.39 is 0 Å². The van der Waals surface area contributed by atoms with E-state index in [1.54, 1.807) is 0 Å². The minimum Gasteiger partial charge on any atom is -0.445 e. The normalized spacial score (nSPS) is 24.5. The van der Waals surface area contributed by atoms with Crippen LogP contribution in [0.1, 0.15) is 13.3 Å². The third kappa shape index (κ3) is 3.13. The molecule has 1 aliphatic heterocycles. The Labute approximate surface area is 86.2 Å². The predicted molar refractivity (Wildman–Crippen MR) is 61.6 cm³/mol. The Morgan fingerprint density at radius 3 is 2.71 bits per heavy atom. The van der Waals surface area contributed by atoms with Crippen LogP contribution in [0.15, 0.2) is 35.5 Å². The van der Waals surface area contributed by atoms with E-state index in [9.17, 15) is 0 Å². The van der Waals surface area contributed by atoms with Crippen molar-refractivity contribution < 1.29 is 5.11 Å². The minimum atomic E-state index is 0.482. The van der Waals surface area contributed by atoms with Gasteiger partial charge < -0.3 is 5.11 Å². The van der Waals surface area contributed by atoms with Crippen molar-refractivity contribution in [3.63, 3.8) is 0 Å². The summed E-state index contributed by atoms with van der Waals surface area (Å²) in [6.45, 7) is 4.69. The lowest BCUT2D eigenvalue weighted by molar-refractivity contribution is 0.302. The highest BCUT2D eigenvalue weighted by Crippen LogP contribution is 2.19. The molecule has 0 aromatic carbocycles. The van der Waals surface area contributed by atoms with Crippen molar-refractivity contribution in [1.29, 1.82) is 0 Å². The molecule has 0 atom stereocenters. The molecular formula is C12H20NO+. The molecule has 0 bridgehead atoms. The zero-order chi connectivity index (χ0) is 10.4. The molecule has 14 heavy (non-hydrogen) atoms. The number of rotatable bonds is 3. The molecule has 1 fully saturated rings. The molecule has 0 aromatic rings. The SMILES string of the molecule is C/C=C1/CN(C)C/C1=C/C=C\CC[OH2+]. The van der Waals surface area contributed by atoms with Crippen molar-refractivity contribution in [3.8, 4) is 0 Å². The quantitative estimate of drug-likeness (QED) is 0.625. The van der Waals surface area contributed by atoms with Gasteiger partial charge in [0, 0.05) is 19.5 Å². The van der Waals surface area contributed by atoms with Gasteiger partial charge in [-0.05, 0) is 25.1 Å². The number of hydrogen-bond donors (Lipinski definition) is 0. The summed E-state index contributed by atoms with van der Waals surface area (Å²) >= 11 is 0. The van der Waals surface area contributed by atoms with Crippen LogP contribution in [0.5, 0.6) is 0 Å². The molecule has 2 heteroatoms. The maximum absolute atomic E-state index is 7.01. The van der Waals surface area contributed by atoms with Gasteiger partial charge in [-0.25, -0.2) is 0 Å². The van der Waals surface area contributed by atoms with Gasteiger partial charge in [-0.3, -0.25) is 4.90 Å². The molecule has 1 heterocycles. The number of nitrogens with zero attached hydrogens (tertiary/aromatic N) is 1. The minimum absolute atomic E-state index is 0.482. The van der Waals surface area contributed by atoms with Gasteiger partial charge in [0.15, 0.2) is 0 Å². The average molecular weight is 194 g/mol. The Balaban J connectivity index is 2.58. The molecular weight excluding hydrogens is 174 g/mol. The second kappa shape index (κ2) is 5.78. The maximum Gasteiger partial charge on any atom is 0.147 e. The highest BCUT2D eigenvalue weighted by Gasteiger charge is 2.16. The molecule has 0 aromatic heterocycles. The fraction of sp³-hybridized carbons (Fsp3) is 0.500. The number of hydrogen-bond acceptors (Lipinski definition) is 1. The highest BCUT2D eigenvalue weighted by molar-refractivity contribution is 5.39. The first-order chi connectivity index (χ1) is 6.77. The summed E-state index contributed by atoms with van der Waals surface area (Å²) < 4.78 is 0. The van der Waals surface area contributed by atoms with Crippen molar-refractivity contribution in [2.75, 3.05) is 26.7 Å². The number of likely N-dealkylation sites (N-methyl/N-ethyl adjacent to an activating group) is 1. The number of allylic oxidation sites excluding steroid dienone is 3. The molecule has 0 radical (unpaired) electrons. The van der Waals surface area contributed by atoms with Gasteiger partial charge in [0.05, 0.1) is 0 Å². The molecule has 0 spiro atoms. The highest BCUT2D eigenvalue weighted by atomic mass is 16.2. The van der Waals surface area contributed by atoms with Crippen LogP contribution in [0, 0.1) is 0 Å². The van der Waals surface area contributed by atoms with Crippen LogP contribution >= 0.6 is 0 Å². The largest absolute Gasteiger partial charge is 0.445 e. The third-order valence-corrected chi connectivity index (χ3v) is 2.39. The third-order valence-electron chi connectivity index (χ3n) is 2.39. The summed E-state index contributed by atoms with van der Waals surface area (Å²) in [4.78, 5) is 2.31. The van der Waals surface area contributed by atoms with E-state index in [4.69, 9.17) is 5.11 Å². The molecule has 0 saturated carbocycles. The van der Waals surface area contributed by atoms with Crippen LogP contribution in [0.25, 0.3) is 0 Å². The summed E-state index contributed by atoms with van der Waals surface area (Å²) in [6.07, 6.45) is 9.35. The van der Waals surface area contributed by atoms with E-state index in [1.807, 2.05) is 0 Å². The summed E-state index contributed by atoms with van der Waals surface area (Å²) in [5.74, 6) is 0. The molecule has 78 valence electrons. The molecule has 1 saturated heterocycles. The molecule has 0 aliphatic carbocycles. The molecule has 2 N–H and O–H groups in total. The lowest BCUT2D eigenvalue weighted by Crippen LogP contribution is -2.11. The van der Waals surface area contributed by atoms with Gasteiger partial charge in [0.25, 0.3) is 0 Å². The Bertz CT molecular complexity index is 263. The average Bonchev–Trinajstić information content (AvgIpc) is 2.54. The van der Waals surface area contributed by atoms with Gasteiger partial charge in [-0.15, -0.1) is 0 Å². The first kappa shape index (κ1) is 11.2. The van der Waals surface area contributed by atoms with Crippen molar-refractivity contribution in [2.45, 2.75) is 13.3 Å². The van der Waals surface area contributed by atoms with E-state index in [-0.39, 0.29) is 0 Å². The number of likely N-dealkylation sites (tertiary alicyclic amines) is 1. The zero-order valence-corrected chi connectivity index (χ0v) is 9.09. The van der Waals surface area contributed by atoms with Crippen molar-refractivity contribution in [2.24, 2.45) is 0 Å². The topological polar surface area (TPSA) is 26.1 Å². The van der Waals surface area contributed by atoms with Gasteiger partial charge >= 0.3 is 0 Å². The first-order valence-electron chi connectivity index (χ1n) is 5.12. The summed E-state index contributed by atoms with van der Waals surface area (Å²) in [5, 5.41) is 7.01. The molecule has 0 amide bonds. The van der Waals surface area contributed by atoms with Gasteiger partial charge in [0.2, 0.25) is 0 Å². The fourth-order valence-electron chi connectivity index (χ4n) is 1.64. The Kier molecular flexibility index (Phi) is 4.63. The molecule has 2 nitrogen and oxygen atoms in total. The molecule has 1 rings (SSSR count). The lowest BCUT2D eigenvalue weighted by Gasteiger charge is -2.01. The second-order valence-electron chi connectivity index (χ2n) is 3.64. The monoisotopic (exact) mass is 194 g/mol.